The van der Waals surface area contributed by atoms with Crippen LogP contribution in [-0.2, 0) is 4.79 Å². The summed E-state index contributed by atoms with van der Waals surface area (Å²) in [7, 11) is 0. The first-order chi connectivity index (χ1) is 10.5. The van der Waals surface area contributed by atoms with Gasteiger partial charge in [0.25, 0.3) is 0 Å². The Morgan fingerprint density at radius 3 is 2.61 bits per heavy atom. The molecule has 0 radical (unpaired) electrons. The third-order valence-corrected chi connectivity index (χ3v) is 4.76. The number of aromatic nitrogens is 1. The minimum Gasteiger partial charge on any atom is -0.352 e. The zero-order valence-corrected chi connectivity index (χ0v) is 16.0. The number of amides is 1. The number of nitrogens with two attached hydrogens (primary N) is 1. The van der Waals surface area contributed by atoms with Crippen molar-refractivity contribution in [2.45, 2.75) is 12.5 Å². The van der Waals surface area contributed by atoms with Crippen LogP contribution in [0.15, 0.2) is 12.3 Å². The molecule has 1 amide bonds. The molecule has 23 heavy (non-hydrogen) atoms. The van der Waals surface area contributed by atoms with E-state index in [1.807, 2.05) is 11.2 Å². The molecule has 0 spiro atoms. The number of anilines is 1. The van der Waals surface area contributed by atoms with Gasteiger partial charge in [0.15, 0.2) is 0 Å². The third kappa shape index (κ3) is 5.57. The van der Waals surface area contributed by atoms with Crippen molar-refractivity contribution in [2.75, 3.05) is 43.1 Å². The lowest BCUT2D eigenvalue weighted by Crippen LogP contribution is -2.53. The van der Waals surface area contributed by atoms with Gasteiger partial charge in [0.2, 0.25) is 5.91 Å². The monoisotopic (exact) mass is 398 g/mol. The van der Waals surface area contributed by atoms with Gasteiger partial charge in [-0.3, -0.25) is 4.79 Å². The van der Waals surface area contributed by atoms with Gasteiger partial charge in [-0.05, 0) is 24.5 Å². The molecule has 0 aromatic carbocycles. The summed E-state index contributed by atoms with van der Waals surface area (Å²) in [5.74, 6) is 1.64. The van der Waals surface area contributed by atoms with Crippen LogP contribution in [0.1, 0.15) is 6.42 Å². The Morgan fingerprint density at radius 1 is 1.39 bits per heavy atom. The van der Waals surface area contributed by atoms with Crippen molar-refractivity contribution < 1.29 is 4.79 Å². The average molecular weight is 400 g/mol. The fourth-order valence-corrected chi connectivity index (χ4v) is 3.37. The van der Waals surface area contributed by atoms with Gasteiger partial charge in [-0.2, -0.15) is 11.8 Å². The van der Waals surface area contributed by atoms with Crippen LogP contribution >= 0.6 is 47.4 Å². The molecule has 0 saturated carbocycles. The van der Waals surface area contributed by atoms with Crippen molar-refractivity contribution in [1.29, 1.82) is 0 Å². The first-order valence-electron chi connectivity index (χ1n) is 7.12. The molecular weight excluding hydrogens is 379 g/mol. The lowest BCUT2D eigenvalue weighted by atomic mass is 10.2. The van der Waals surface area contributed by atoms with Crippen molar-refractivity contribution in [3.63, 3.8) is 0 Å². The second-order valence-electron chi connectivity index (χ2n) is 5.16. The lowest BCUT2D eigenvalue weighted by Gasteiger charge is -2.36. The summed E-state index contributed by atoms with van der Waals surface area (Å²) in [6.07, 6.45) is 4.31. The van der Waals surface area contributed by atoms with Gasteiger partial charge in [0.1, 0.15) is 5.82 Å². The number of pyridine rings is 1. The first-order valence-corrected chi connectivity index (χ1v) is 9.27. The molecule has 1 aromatic rings. The number of nitrogens with zero attached hydrogens (tertiary/aromatic N) is 3. The standard InChI is InChI=1S/C14H20Cl2N4OS.ClH/c1-22-7-2-12(17)14(21)20-5-3-19(4-6-20)13-11(16)8-10(15)9-18-13;/h8-9,12H,2-7,17H2,1H3;1H/t12-;/m0./s1. The van der Waals surface area contributed by atoms with E-state index in [0.717, 1.165) is 5.75 Å². The van der Waals surface area contributed by atoms with Gasteiger partial charge in [-0.1, -0.05) is 23.2 Å². The Labute approximate surface area is 157 Å². The van der Waals surface area contributed by atoms with Crippen LogP contribution in [0, 0.1) is 0 Å². The lowest BCUT2D eigenvalue weighted by molar-refractivity contribution is -0.132. The number of hydrogen-bond acceptors (Lipinski definition) is 5. The molecule has 1 aromatic heterocycles. The minimum atomic E-state index is -0.406. The van der Waals surface area contributed by atoms with Crippen molar-refractivity contribution >= 4 is 59.1 Å². The number of carbonyl (C=O) groups excluding carboxylic acids is 1. The molecule has 2 rings (SSSR count). The summed E-state index contributed by atoms with van der Waals surface area (Å²) in [4.78, 5) is 20.4. The number of piperazine rings is 1. The Morgan fingerprint density at radius 2 is 2.04 bits per heavy atom. The fourth-order valence-electron chi connectivity index (χ4n) is 2.38. The van der Waals surface area contributed by atoms with Gasteiger partial charge in [-0.25, -0.2) is 4.98 Å². The van der Waals surface area contributed by atoms with E-state index in [1.165, 1.54) is 0 Å². The van der Waals surface area contributed by atoms with E-state index in [1.54, 1.807) is 24.0 Å². The molecule has 0 bridgehead atoms. The molecular formula is C14H21Cl3N4OS. The quantitative estimate of drug-likeness (QED) is 0.824. The molecule has 130 valence electrons. The maximum Gasteiger partial charge on any atom is 0.239 e. The number of thioether (sulfide) groups is 1. The first kappa shape index (κ1) is 20.6. The Hall–Kier alpha value is -0.400. The summed E-state index contributed by atoms with van der Waals surface area (Å²) >= 11 is 13.7. The van der Waals surface area contributed by atoms with E-state index in [4.69, 9.17) is 28.9 Å². The van der Waals surface area contributed by atoms with E-state index >= 15 is 0 Å². The Bertz CT molecular complexity index is 527. The van der Waals surface area contributed by atoms with Crippen LogP contribution in [0.3, 0.4) is 0 Å². The van der Waals surface area contributed by atoms with Gasteiger partial charge in [0.05, 0.1) is 16.1 Å². The summed E-state index contributed by atoms with van der Waals surface area (Å²) in [5, 5.41) is 1.05. The number of rotatable bonds is 5. The topological polar surface area (TPSA) is 62.5 Å². The highest BCUT2D eigenvalue weighted by molar-refractivity contribution is 7.98. The largest absolute Gasteiger partial charge is 0.352 e. The van der Waals surface area contributed by atoms with Crippen molar-refractivity contribution in [3.8, 4) is 0 Å². The minimum absolute atomic E-state index is 0. The van der Waals surface area contributed by atoms with Crippen LogP contribution in [-0.4, -0.2) is 60.0 Å². The molecule has 1 saturated heterocycles. The number of halogens is 3. The summed E-state index contributed by atoms with van der Waals surface area (Å²) < 4.78 is 0. The second kappa shape index (κ2) is 9.79. The van der Waals surface area contributed by atoms with E-state index in [-0.39, 0.29) is 18.3 Å². The number of hydrogen-bond donors (Lipinski definition) is 1. The van der Waals surface area contributed by atoms with Gasteiger partial charge < -0.3 is 15.5 Å². The van der Waals surface area contributed by atoms with Gasteiger partial charge in [-0.15, -0.1) is 12.4 Å². The zero-order chi connectivity index (χ0) is 16.1. The molecule has 1 aliphatic heterocycles. The van der Waals surface area contributed by atoms with Crippen LogP contribution in [0.2, 0.25) is 10.0 Å². The maximum absolute atomic E-state index is 12.3. The van der Waals surface area contributed by atoms with Crippen LogP contribution in [0.25, 0.3) is 0 Å². The molecule has 9 heteroatoms. The summed E-state index contributed by atoms with van der Waals surface area (Å²) in [6, 6.07) is 1.28. The smallest absolute Gasteiger partial charge is 0.239 e. The molecule has 1 fully saturated rings. The Balaban J connectivity index is 0.00000264. The van der Waals surface area contributed by atoms with Crippen LogP contribution in [0.5, 0.6) is 0 Å². The maximum atomic E-state index is 12.3. The predicted molar refractivity (Wildman–Crippen MR) is 101 cm³/mol. The summed E-state index contributed by atoms with van der Waals surface area (Å²) in [6.45, 7) is 2.64. The van der Waals surface area contributed by atoms with E-state index in [9.17, 15) is 4.79 Å². The molecule has 0 aliphatic carbocycles. The highest BCUT2D eigenvalue weighted by Gasteiger charge is 2.26. The van der Waals surface area contributed by atoms with Crippen molar-refractivity contribution in [1.82, 2.24) is 9.88 Å². The average Bonchev–Trinajstić information content (AvgIpc) is 2.52. The van der Waals surface area contributed by atoms with E-state index < -0.39 is 6.04 Å². The number of carbonyl (C=O) groups is 1. The Kier molecular flexibility index (Phi) is 8.79. The third-order valence-electron chi connectivity index (χ3n) is 3.63. The van der Waals surface area contributed by atoms with Gasteiger partial charge >= 0.3 is 0 Å². The van der Waals surface area contributed by atoms with E-state index in [2.05, 4.69) is 9.88 Å². The molecule has 1 aliphatic rings. The zero-order valence-electron chi connectivity index (χ0n) is 12.9. The van der Waals surface area contributed by atoms with Crippen LogP contribution < -0.4 is 10.6 Å². The van der Waals surface area contributed by atoms with E-state index in [0.29, 0.717) is 48.5 Å². The highest BCUT2D eigenvalue weighted by atomic mass is 35.5. The van der Waals surface area contributed by atoms with Crippen molar-refractivity contribution in [3.05, 3.63) is 22.3 Å². The van der Waals surface area contributed by atoms with Crippen LogP contribution in [0.4, 0.5) is 5.82 Å². The molecule has 1 atom stereocenters. The molecule has 0 unspecified atom stereocenters. The fraction of sp³-hybridized carbons (Fsp3) is 0.571. The SMILES string of the molecule is CSCC[C@H](N)C(=O)N1CCN(c2ncc(Cl)cc2Cl)CC1.Cl. The summed E-state index contributed by atoms with van der Waals surface area (Å²) in [5.41, 5.74) is 5.95. The second-order valence-corrected chi connectivity index (χ2v) is 6.99. The van der Waals surface area contributed by atoms with Gasteiger partial charge in [0, 0.05) is 32.4 Å². The molecule has 2 N–H and O–H groups in total. The normalized spacial score (nSPS) is 16.0. The molecule has 5 nitrogen and oxygen atoms in total. The van der Waals surface area contributed by atoms with Crippen molar-refractivity contribution in [2.24, 2.45) is 5.73 Å². The predicted octanol–water partition coefficient (Wildman–Crippen LogP) is 2.54. The highest BCUT2D eigenvalue weighted by Crippen LogP contribution is 2.26. The molecule has 2 heterocycles.